The molecule has 2 bridgehead atoms. The quantitative estimate of drug-likeness (QED) is 0.479. The summed E-state index contributed by atoms with van der Waals surface area (Å²) in [5, 5.41) is 15.7. The van der Waals surface area contributed by atoms with Gasteiger partial charge in [-0.15, -0.1) is 0 Å². The molecule has 0 aromatic rings. The molecule has 2 unspecified atom stereocenters. The lowest BCUT2D eigenvalue weighted by atomic mass is 9.70. The smallest absolute Gasteiger partial charge is 0.245 e. The summed E-state index contributed by atoms with van der Waals surface area (Å²) in [4.78, 5) is 41.0. The molecule has 0 saturated carbocycles. The van der Waals surface area contributed by atoms with E-state index in [2.05, 4.69) is 17.6 Å². The number of fused-ring (bicyclic) bond motifs is 1. The first-order valence-corrected chi connectivity index (χ1v) is 10.9. The van der Waals surface area contributed by atoms with E-state index in [1.807, 2.05) is 13.8 Å². The summed E-state index contributed by atoms with van der Waals surface area (Å²) in [6.07, 6.45) is 3.82. The number of ether oxygens (including phenoxy) is 1. The summed E-state index contributed by atoms with van der Waals surface area (Å²) >= 11 is 0. The molecule has 0 aromatic heterocycles. The molecule has 8 nitrogen and oxygen atoms in total. The fourth-order valence-corrected chi connectivity index (χ4v) is 5.52. The predicted octanol–water partition coefficient (Wildman–Crippen LogP) is 0.430. The highest BCUT2D eigenvalue weighted by Crippen LogP contribution is 2.58. The van der Waals surface area contributed by atoms with Gasteiger partial charge in [-0.25, -0.2) is 0 Å². The molecule has 3 fully saturated rings. The zero-order chi connectivity index (χ0) is 21.3. The van der Waals surface area contributed by atoms with Crippen molar-refractivity contribution in [3.8, 4) is 0 Å². The van der Waals surface area contributed by atoms with Crippen LogP contribution in [0.15, 0.2) is 0 Å². The number of nitrogens with zero attached hydrogens (tertiary/aromatic N) is 1. The minimum absolute atomic E-state index is 0.0368. The molecule has 29 heavy (non-hydrogen) atoms. The van der Waals surface area contributed by atoms with Crippen LogP contribution in [0.2, 0.25) is 0 Å². The second kappa shape index (κ2) is 8.60. The highest BCUT2D eigenvalue weighted by molar-refractivity contribution is 5.99. The molecule has 6 atom stereocenters. The monoisotopic (exact) mass is 409 g/mol. The normalized spacial score (nSPS) is 33.9. The summed E-state index contributed by atoms with van der Waals surface area (Å²) in [5.41, 5.74) is -0.990. The van der Waals surface area contributed by atoms with Crippen molar-refractivity contribution >= 4 is 17.7 Å². The average molecular weight is 410 g/mol. The van der Waals surface area contributed by atoms with Crippen molar-refractivity contribution < 1.29 is 24.2 Å². The average Bonchev–Trinajstić information content (AvgIpc) is 3.33. The third kappa shape index (κ3) is 3.44. The summed E-state index contributed by atoms with van der Waals surface area (Å²) < 4.78 is 6.29. The number of unbranched alkanes of at least 4 members (excludes halogenated alkanes) is 2. The molecular weight excluding hydrogens is 374 g/mol. The Kier molecular flexibility index (Phi) is 6.53. The van der Waals surface area contributed by atoms with Crippen LogP contribution >= 0.6 is 0 Å². The Morgan fingerprint density at radius 2 is 2.03 bits per heavy atom. The summed E-state index contributed by atoms with van der Waals surface area (Å²) in [6, 6.07) is -1.32. The first kappa shape index (κ1) is 22.0. The SMILES string of the molecule is CCCCCNC(=O)C1N([C@@H](CO)C(C)C)C(=O)[C@@H]2[C@@H](C(=O)NC)[C@H]3CCC12O3. The molecule has 3 amide bonds. The van der Waals surface area contributed by atoms with Crippen molar-refractivity contribution in [1.82, 2.24) is 15.5 Å². The first-order chi connectivity index (χ1) is 13.8. The number of hydrogen-bond acceptors (Lipinski definition) is 5. The van der Waals surface area contributed by atoms with Crippen LogP contribution in [0, 0.1) is 17.8 Å². The maximum atomic E-state index is 13.6. The van der Waals surface area contributed by atoms with E-state index < -0.39 is 29.5 Å². The Morgan fingerprint density at radius 3 is 2.62 bits per heavy atom. The van der Waals surface area contributed by atoms with E-state index in [0.717, 1.165) is 19.3 Å². The highest BCUT2D eigenvalue weighted by Gasteiger charge is 2.75. The topological polar surface area (TPSA) is 108 Å². The number of nitrogens with one attached hydrogen (secondary N) is 2. The Labute approximate surface area is 172 Å². The van der Waals surface area contributed by atoms with Gasteiger partial charge in [0.25, 0.3) is 0 Å². The third-order valence-electron chi connectivity index (χ3n) is 6.93. The Bertz CT molecular complexity index is 654. The summed E-state index contributed by atoms with van der Waals surface area (Å²) in [5.74, 6) is -2.01. The van der Waals surface area contributed by atoms with Crippen molar-refractivity contribution in [2.45, 2.75) is 76.7 Å². The maximum absolute atomic E-state index is 13.6. The van der Waals surface area contributed by atoms with E-state index >= 15 is 0 Å². The molecule has 3 aliphatic heterocycles. The van der Waals surface area contributed by atoms with E-state index in [-0.39, 0.29) is 36.4 Å². The third-order valence-corrected chi connectivity index (χ3v) is 6.93. The number of aliphatic hydroxyl groups is 1. The van der Waals surface area contributed by atoms with E-state index in [1.165, 1.54) is 4.90 Å². The molecule has 164 valence electrons. The Morgan fingerprint density at radius 1 is 1.31 bits per heavy atom. The number of likely N-dealkylation sites (tertiary alicyclic amines) is 1. The van der Waals surface area contributed by atoms with Crippen molar-refractivity contribution in [3.05, 3.63) is 0 Å². The number of amides is 3. The number of aliphatic hydroxyl groups excluding tert-OH is 1. The Hall–Kier alpha value is -1.67. The van der Waals surface area contributed by atoms with Crippen molar-refractivity contribution in [2.75, 3.05) is 20.2 Å². The van der Waals surface area contributed by atoms with Gasteiger partial charge in [-0.1, -0.05) is 33.6 Å². The largest absolute Gasteiger partial charge is 0.394 e. The van der Waals surface area contributed by atoms with Gasteiger partial charge in [0.05, 0.1) is 30.6 Å². The molecule has 0 aromatic carbocycles. The van der Waals surface area contributed by atoms with Crippen LogP contribution in [0.4, 0.5) is 0 Å². The van der Waals surface area contributed by atoms with Crippen LogP contribution in [0.5, 0.6) is 0 Å². The number of hydrogen-bond donors (Lipinski definition) is 3. The van der Waals surface area contributed by atoms with Gasteiger partial charge in [-0.2, -0.15) is 0 Å². The van der Waals surface area contributed by atoms with Crippen molar-refractivity contribution in [1.29, 1.82) is 0 Å². The van der Waals surface area contributed by atoms with E-state index in [4.69, 9.17) is 4.74 Å². The summed E-state index contributed by atoms with van der Waals surface area (Å²) in [6.45, 7) is 6.25. The molecule has 8 heteroatoms. The molecule has 0 aliphatic carbocycles. The first-order valence-electron chi connectivity index (χ1n) is 10.9. The second-order valence-corrected chi connectivity index (χ2v) is 8.91. The van der Waals surface area contributed by atoms with Crippen molar-refractivity contribution in [3.63, 3.8) is 0 Å². The van der Waals surface area contributed by atoms with Crippen LogP contribution in [-0.4, -0.2) is 71.7 Å². The van der Waals surface area contributed by atoms with E-state index in [1.54, 1.807) is 7.05 Å². The van der Waals surface area contributed by atoms with Gasteiger partial charge in [0, 0.05) is 13.6 Å². The molecule has 3 rings (SSSR count). The fourth-order valence-electron chi connectivity index (χ4n) is 5.52. The van der Waals surface area contributed by atoms with Crippen LogP contribution in [-0.2, 0) is 19.1 Å². The van der Waals surface area contributed by atoms with Crippen LogP contribution < -0.4 is 10.6 Å². The lowest BCUT2D eigenvalue weighted by molar-refractivity contribution is -0.146. The number of carbonyl (C=O) groups is 3. The van der Waals surface area contributed by atoms with Crippen molar-refractivity contribution in [2.24, 2.45) is 17.8 Å². The minimum Gasteiger partial charge on any atom is -0.394 e. The van der Waals surface area contributed by atoms with E-state index in [0.29, 0.717) is 19.4 Å². The standard InChI is InChI=1S/C21H35N3O5/c1-5-6-7-10-23-19(27)17-21-9-8-14(29-21)15(18(26)22-4)16(21)20(28)24(17)13(11-25)12(2)3/h12-17,25H,5-11H2,1-4H3,(H,22,26)(H,23,27)/t13-,14+,15-,16-,17?,21?/m0/s1. The van der Waals surface area contributed by atoms with Crippen LogP contribution in [0.3, 0.4) is 0 Å². The van der Waals surface area contributed by atoms with Gasteiger partial charge in [0.1, 0.15) is 11.6 Å². The number of rotatable bonds is 9. The van der Waals surface area contributed by atoms with Gasteiger partial charge in [0.15, 0.2) is 0 Å². The second-order valence-electron chi connectivity index (χ2n) is 8.91. The lowest BCUT2D eigenvalue weighted by Gasteiger charge is -2.38. The van der Waals surface area contributed by atoms with Crippen LogP contribution in [0.25, 0.3) is 0 Å². The van der Waals surface area contributed by atoms with Gasteiger partial charge < -0.3 is 25.4 Å². The summed E-state index contributed by atoms with van der Waals surface area (Å²) in [7, 11) is 1.56. The number of carbonyl (C=O) groups excluding carboxylic acids is 3. The molecule has 1 spiro atoms. The zero-order valence-corrected chi connectivity index (χ0v) is 17.9. The fraction of sp³-hybridized carbons (Fsp3) is 0.857. The Balaban J connectivity index is 1.96. The van der Waals surface area contributed by atoms with Gasteiger partial charge in [-0.3, -0.25) is 14.4 Å². The molecule has 3 heterocycles. The van der Waals surface area contributed by atoms with Gasteiger partial charge >= 0.3 is 0 Å². The van der Waals surface area contributed by atoms with Gasteiger partial charge in [-0.05, 0) is 25.2 Å². The maximum Gasteiger partial charge on any atom is 0.245 e. The molecule has 0 radical (unpaired) electrons. The van der Waals surface area contributed by atoms with E-state index in [9.17, 15) is 19.5 Å². The lowest BCUT2D eigenvalue weighted by Crippen LogP contribution is -2.59. The molecule has 3 aliphatic rings. The minimum atomic E-state index is -0.990. The zero-order valence-electron chi connectivity index (χ0n) is 17.9. The van der Waals surface area contributed by atoms with Crippen LogP contribution in [0.1, 0.15) is 52.9 Å². The molecular formula is C21H35N3O5. The van der Waals surface area contributed by atoms with Gasteiger partial charge in [0.2, 0.25) is 17.7 Å². The molecule has 3 N–H and O–H groups in total. The predicted molar refractivity (Wildman–Crippen MR) is 107 cm³/mol. The molecule has 3 saturated heterocycles. The highest BCUT2D eigenvalue weighted by atomic mass is 16.5.